The molecule has 1 aliphatic rings. The van der Waals surface area contributed by atoms with Crippen LogP contribution in [-0.4, -0.2) is 62.5 Å². The molecule has 4 N–H and O–H groups in total. The molecule has 10 heteroatoms. The van der Waals surface area contributed by atoms with Gasteiger partial charge >= 0.3 is 0 Å². The Morgan fingerprint density at radius 2 is 1.40 bits per heavy atom. The monoisotopic (exact) mass is 703 g/mol. The average Bonchev–Trinajstić information content (AvgIpc) is 3.15. The van der Waals surface area contributed by atoms with Crippen molar-refractivity contribution in [2.75, 3.05) is 54.4 Å². The van der Waals surface area contributed by atoms with Crippen LogP contribution in [0.25, 0.3) is 0 Å². The van der Waals surface area contributed by atoms with Gasteiger partial charge in [0.25, 0.3) is 11.8 Å². The number of anilines is 3. The molecule has 10 nitrogen and oxygen atoms in total. The molecule has 0 unspecified atom stereocenters. The molecule has 4 aromatic carbocycles. The summed E-state index contributed by atoms with van der Waals surface area (Å²) in [6, 6.07) is 24.4. The SMILES string of the molecule is C=C(C)C(=O)Nc1ccc(O)cc1C(=O)NCCCNC1(c2ccccc2C=O)c2ccc(N(CC)CC)cc2Oc2cc(N(CC)CC)ccc21. The van der Waals surface area contributed by atoms with Crippen molar-refractivity contribution in [2.24, 2.45) is 0 Å². The standard InChI is InChI=1S/C42H49N5O5/c1-7-46(8-2)30-16-19-35-38(24-30)52-39-25-31(47(9-3)10-4)17-20-36(39)42(35,34-15-12-11-14-29(34)27-48)44-23-13-22-43-41(51)33-26-32(49)18-21-37(33)45-40(50)28(5)6/h11-12,14-21,24-27,44,49H,5,7-10,13,22-23H2,1-4,6H3,(H,43,51)(H,45,50). The number of carbonyl (C=O) groups excluding carboxylic acids is 3. The maximum atomic E-state index is 13.3. The molecule has 1 aliphatic heterocycles. The zero-order valence-corrected chi connectivity index (χ0v) is 30.7. The average molecular weight is 704 g/mol. The zero-order valence-electron chi connectivity index (χ0n) is 30.7. The summed E-state index contributed by atoms with van der Waals surface area (Å²) in [5, 5.41) is 19.6. The minimum Gasteiger partial charge on any atom is -0.508 e. The quantitative estimate of drug-likeness (QED) is 0.0418. The first kappa shape index (κ1) is 37.6. The Balaban J connectivity index is 1.52. The fraction of sp³-hybridized carbons (Fsp3) is 0.310. The number of fused-ring (bicyclic) bond motifs is 2. The van der Waals surface area contributed by atoms with Crippen molar-refractivity contribution in [3.63, 3.8) is 0 Å². The van der Waals surface area contributed by atoms with Crippen molar-refractivity contribution in [3.05, 3.63) is 119 Å². The smallest absolute Gasteiger partial charge is 0.253 e. The summed E-state index contributed by atoms with van der Waals surface area (Å²) in [4.78, 5) is 42.8. The first-order chi connectivity index (χ1) is 25.1. The van der Waals surface area contributed by atoms with E-state index in [2.05, 4.69) is 96.4 Å². The van der Waals surface area contributed by atoms with Gasteiger partial charge in [0.05, 0.1) is 11.3 Å². The number of ether oxygens (including phenoxy) is 1. The van der Waals surface area contributed by atoms with E-state index in [0.717, 1.165) is 60.5 Å². The van der Waals surface area contributed by atoms with Gasteiger partial charge in [0, 0.05) is 78.5 Å². The molecule has 1 heterocycles. The number of carbonyl (C=O) groups is 3. The highest BCUT2D eigenvalue weighted by Gasteiger charge is 2.45. The summed E-state index contributed by atoms with van der Waals surface area (Å²) in [5.41, 5.74) is 4.91. The van der Waals surface area contributed by atoms with Crippen LogP contribution in [0.4, 0.5) is 17.1 Å². The molecular formula is C42H49N5O5. The second kappa shape index (κ2) is 16.6. The third-order valence-corrected chi connectivity index (χ3v) is 9.62. The molecule has 0 aliphatic carbocycles. The Kier molecular flexibility index (Phi) is 12.0. The number of aldehydes is 1. The Hall–Kier alpha value is -5.61. The van der Waals surface area contributed by atoms with Crippen molar-refractivity contribution < 1.29 is 24.2 Å². The Labute approximate surface area is 306 Å². The molecule has 0 saturated heterocycles. The van der Waals surface area contributed by atoms with Crippen LogP contribution in [-0.2, 0) is 10.3 Å². The van der Waals surface area contributed by atoms with E-state index in [1.807, 2.05) is 24.3 Å². The lowest BCUT2D eigenvalue weighted by molar-refractivity contribution is -0.112. The molecule has 2 amide bonds. The van der Waals surface area contributed by atoms with Crippen LogP contribution in [0, 0.1) is 0 Å². The van der Waals surface area contributed by atoms with E-state index in [0.29, 0.717) is 42.1 Å². The van der Waals surface area contributed by atoms with Crippen molar-refractivity contribution in [3.8, 4) is 17.2 Å². The fourth-order valence-corrected chi connectivity index (χ4v) is 6.88. The topological polar surface area (TPSA) is 123 Å². The van der Waals surface area contributed by atoms with E-state index in [9.17, 15) is 19.5 Å². The molecule has 0 fully saturated rings. The van der Waals surface area contributed by atoms with Crippen LogP contribution >= 0.6 is 0 Å². The molecule has 0 atom stereocenters. The summed E-state index contributed by atoms with van der Waals surface area (Å²) in [5.74, 6) is 0.437. The van der Waals surface area contributed by atoms with Gasteiger partial charge in [-0.25, -0.2) is 0 Å². The van der Waals surface area contributed by atoms with Gasteiger partial charge in [-0.05, 0) is 83.5 Å². The van der Waals surface area contributed by atoms with Gasteiger partial charge in [0.15, 0.2) is 0 Å². The number of hydrogen-bond acceptors (Lipinski definition) is 8. The van der Waals surface area contributed by atoms with Gasteiger partial charge in [0.2, 0.25) is 0 Å². The summed E-state index contributed by atoms with van der Waals surface area (Å²) in [6.45, 7) is 17.8. The molecule has 0 aromatic heterocycles. The van der Waals surface area contributed by atoms with E-state index in [1.54, 1.807) is 6.92 Å². The highest BCUT2D eigenvalue weighted by atomic mass is 16.5. The van der Waals surface area contributed by atoms with E-state index >= 15 is 0 Å². The number of nitrogens with zero attached hydrogens (tertiary/aromatic N) is 2. The molecule has 4 aromatic rings. The Bertz CT molecular complexity index is 1890. The minimum absolute atomic E-state index is 0.0962. The van der Waals surface area contributed by atoms with E-state index in [-0.39, 0.29) is 17.0 Å². The predicted octanol–water partition coefficient (Wildman–Crippen LogP) is 7.22. The van der Waals surface area contributed by atoms with Crippen LogP contribution in [0.1, 0.15) is 78.4 Å². The van der Waals surface area contributed by atoms with Crippen molar-refractivity contribution in [1.29, 1.82) is 0 Å². The summed E-state index contributed by atoms with van der Waals surface area (Å²) in [6.07, 6.45) is 1.41. The zero-order chi connectivity index (χ0) is 37.4. The van der Waals surface area contributed by atoms with Gasteiger partial charge in [-0.15, -0.1) is 0 Å². The number of nitrogens with one attached hydrogen (secondary N) is 3. The predicted molar refractivity (Wildman–Crippen MR) is 208 cm³/mol. The normalized spacial score (nSPS) is 12.5. The third-order valence-electron chi connectivity index (χ3n) is 9.62. The molecule has 272 valence electrons. The van der Waals surface area contributed by atoms with Gasteiger partial charge in [0.1, 0.15) is 29.1 Å². The van der Waals surface area contributed by atoms with Crippen LogP contribution < -0.4 is 30.5 Å². The van der Waals surface area contributed by atoms with Gasteiger partial charge in [-0.2, -0.15) is 0 Å². The molecule has 0 saturated carbocycles. The molecule has 5 rings (SSSR count). The van der Waals surface area contributed by atoms with Crippen molar-refractivity contribution >= 4 is 35.2 Å². The summed E-state index contributed by atoms with van der Waals surface area (Å²) < 4.78 is 6.76. The van der Waals surface area contributed by atoms with Crippen LogP contribution in [0.15, 0.2) is 91.0 Å². The van der Waals surface area contributed by atoms with E-state index in [4.69, 9.17) is 4.74 Å². The number of phenolic OH excluding ortho intramolecular Hbond substituents is 1. The van der Waals surface area contributed by atoms with Crippen LogP contribution in [0.5, 0.6) is 17.2 Å². The highest BCUT2D eigenvalue weighted by molar-refractivity contribution is 6.08. The first-order valence-corrected chi connectivity index (χ1v) is 18.0. The number of amides is 2. The number of benzene rings is 4. The van der Waals surface area contributed by atoms with Gasteiger partial charge in [-0.3, -0.25) is 19.7 Å². The van der Waals surface area contributed by atoms with E-state index < -0.39 is 17.4 Å². The second-order valence-electron chi connectivity index (χ2n) is 12.8. The van der Waals surface area contributed by atoms with Crippen molar-refractivity contribution in [1.82, 2.24) is 10.6 Å². The van der Waals surface area contributed by atoms with Crippen LogP contribution in [0.2, 0.25) is 0 Å². The lowest BCUT2D eigenvalue weighted by Gasteiger charge is -2.43. The Morgan fingerprint density at radius 3 is 1.96 bits per heavy atom. The van der Waals surface area contributed by atoms with Gasteiger partial charge in [-0.1, -0.05) is 43.0 Å². The first-order valence-electron chi connectivity index (χ1n) is 18.0. The van der Waals surface area contributed by atoms with Crippen molar-refractivity contribution in [2.45, 2.75) is 46.6 Å². The minimum atomic E-state index is -0.973. The third kappa shape index (κ3) is 7.52. The lowest BCUT2D eigenvalue weighted by Crippen LogP contribution is -2.48. The van der Waals surface area contributed by atoms with Crippen LogP contribution in [0.3, 0.4) is 0 Å². The number of hydrogen-bond donors (Lipinski definition) is 4. The van der Waals surface area contributed by atoms with Gasteiger partial charge < -0.3 is 30.3 Å². The fourth-order valence-electron chi connectivity index (χ4n) is 6.88. The Morgan fingerprint density at radius 1 is 0.808 bits per heavy atom. The highest BCUT2D eigenvalue weighted by Crippen LogP contribution is 2.52. The number of aromatic hydroxyl groups is 1. The number of phenols is 1. The van der Waals surface area contributed by atoms with E-state index in [1.165, 1.54) is 18.2 Å². The second-order valence-corrected chi connectivity index (χ2v) is 12.8. The lowest BCUT2D eigenvalue weighted by atomic mass is 9.73. The number of rotatable bonds is 16. The summed E-state index contributed by atoms with van der Waals surface area (Å²) >= 11 is 0. The summed E-state index contributed by atoms with van der Waals surface area (Å²) in [7, 11) is 0. The molecular weight excluding hydrogens is 654 g/mol. The maximum absolute atomic E-state index is 13.3. The molecule has 0 spiro atoms. The largest absolute Gasteiger partial charge is 0.508 e. The molecule has 52 heavy (non-hydrogen) atoms. The molecule has 0 bridgehead atoms. The maximum Gasteiger partial charge on any atom is 0.253 e. The molecule has 0 radical (unpaired) electrons.